The second-order valence-electron chi connectivity index (χ2n) is 4.23. The van der Waals surface area contributed by atoms with Gasteiger partial charge in [-0.3, -0.25) is 4.79 Å². The van der Waals surface area contributed by atoms with Crippen molar-refractivity contribution in [2.24, 2.45) is 0 Å². The smallest absolute Gasteiger partial charge is 0.434 e. The van der Waals surface area contributed by atoms with Crippen molar-refractivity contribution < 1.29 is 27.5 Å². The van der Waals surface area contributed by atoms with Crippen molar-refractivity contribution in [3.63, 3.8) is 0 Å². The molecule has 0 aliphatic rings. The van der Waals surface area contributed by atoms with Crippen LogP contribution < -0.4 is 14.8 Å². The van der Waals surface area contributed by atoms with Gasteiger partial charge in [-0.15, -0.1) is 0 Å². The summed E-state index contributed by atoms with van der Waals surface area (Å²) in [5, 5.41) is 2.55. The van der Waals surface area contributed by atoms with Crippen LogP contribution in [0.4, 0.5) is 4.79 Å². The number of sulfonamides is 1. The first-order valence-electron chi connectivity index (χ1n) is 6.49. The number of amides is 1. The number of carbonyl (C=O) groups excluding carboxylic acids is 2. The molecule has 0 atom stereocenters. The van der Waals surface area contributed by atoms with E-state index in [0.29, 0.717) is 5.56 Å². The molecular formula is C13H18N2O6S. The molecule has 0 aliphatic heterocycles. The van der Waals surface area contributed by atoms with Crippen LogP contribution in [0.15, 0.2) is 24.3 Å². The highest BCUT2D eigenvalue weighted by atomic mass is 32.2. The van der Waals surface area contributed by atoms with Crippen LogP contribution in [-0.4, -0.2) is 46.4 Å². The Bertz CT molecular complexity index is 612. The van der Waals surface area contributed by atoms with Gasteiger partial charge in [-0.05, 0) is 31.2 Å². The molecule has 0 aliphatic carbocycles. The molecule has 0 aromatic heterocycles. The molecular weight excluding hydrogens is 312 g/mol. The molecule has 1 aromatic carbocycles. The molecule has 9 heteroatoms. The summed E-state index contributed by atoms with van der Waals surface area (Å²) in [6.45, 7) is 2.13. The topological polar surface area (TPSA) is 111 Å². The van der Waals surface area contributed by atoms with Gasteiger partial charge in [0.2, 0.25) is 10.0 Å². The van der Waals surface area contributed by atoms with Gasteiger partial charge in [-0.1, -0.05) is 0 Å². The zero-order chi connectivity index (χ0) is 16.6. The van der Waals surface area contributed by atoms with Crippen LogP contribution in [0.25, 0.3) is 0 Å². The van der Waals surface area contributed by atoms with Gasteiger partial charge in [-0.25, -0.2) is 17.9 Å². The van der Waals surface area contributed by atoms with E-state index in [1.54, 1.807) is 6.92 Å². The molecule has 1 amide bonds. The zero-order valence-corrected chi connectivity index (χ0v) is 13.1. The second kappa shape index (κ2) is 8.35. The molecule has 0 heterocycles. The fourth-order valence-corrected chi connectivity index (χ4v) is 1.91. The molecule has 0 radical (unpaired) electrons. The lowest BCUT2D eigenvalue weighted by atomic mass is 10.2. The average molecular weight is 330 g/mol. The van der Waals surface area contributed by atoms with Crippen molar-refractivity contribution in [2.75, 3.05) is 26.0 Å². The highest BCUT2D eigenvalue weighted by molar-refractivity contribution is 7.88. The van der Waals surface area contributed by atoms with Crippen molar-refractivity contribution >= 4 is 22.1 Å². The molecule has 1 rings (SSSR count). The summed E-state index contributed by atoms with van der Waals surface area (Å²) in [6.07, 6.45) is 0.225. The number of hydrogen-bond acceptors (Lipinski definition) is 6. The second-order valence-corrected chi connectivity index (χ2v) is 6.06. The monoisotopic (exact) mass is 330 g/mol. The first-order chi connectivity index (χ1) is 10.3. The third-order valence-electron chi connectivity index (χ3n) is 2.35. The maximum absolute atomic E-state index is 11.8. The third-order valence-corrected chi connectivity index (χ3v) is 3.08. The molecule has 8 nitrogen and oxygen atoms in total. The normalized spacial score (nSPS) is 10.8. The summed E-state index contributed by atoms with van der Waals surface area (Å²) in [6, 6.07) is 5.88. The molecule has 0 spiro atoms. The van der Waals surface area contributed by atoms with Gasteiger partial charge in [0.15, 0.2) is 0 Å². The summed E-state index contributed by atoms with van der Waals surface area (Å²) < 4.78 is 33.4. The van der Waals surface area contributed by atoms with Gasteiger partial charge in [0.25, 0.3) is 5.91 Å². The zero-order valence-electron chi connectivity index (χ0n) is 12.3. The quantitative estimate of drug-likeness (QED) is 0.428. The van der Waals surface area contributed by atoms with Gasteiger partial charge in [0.1, 0.15) is 5.75 Å². The van der Waals surface area contributed by atoms with E-state index < -0.39 is 16.2 Å². The van der Waals surface area contributed by atoms with Gasteiger partial charge in [0, 0.05) is 18.7 Å². The molecule has 22 heavy (non-hydrogen) atoms. The summed E-state index contributed by atoms with van der Waals surface area (Å²) >= 11 is 0. The van der Waals surface area contributed by atoms with E-state index in [0.717, 1.165) is 6.26 Å². The molecule has 0 saturated carbocycles. The third kappa shape index (κ3) is 7.04. The lowest BCUT2D eigenvalue weighted by Gasteiger charge is -2.07. The molecule has 0 fully saturated rings. The van der Waals surface area contributed by atoms with Crippen LogP contribution in [0.2, 0.25) is 0 Å². The van der Waals surface area contributed by atoms with Crippen molar-refractivity contribution in [1.82, 2.24) is 10.0 Å². The molecule has 0 bridgehead atoms. The lowest BCUT2D eigenvalue weighted by molar-refractivity contribution is 0.0954. The van der Waals surface area contributed by atoms with E-state index in [9.17, 15) is 18.0 Å². The predicted molar refractivity (Wildman–Crippen MR) is 79.3 cm³/mol. The minimum atomic E-state index is -3.27. The Morgan fingerprint density at radius 3 is 2.32 bits per heavy atom. The van der Waals surface area contributed by atoms with Crippen LogP contribution in [-0.2, 0) is 14.8 Å². The van der Waals surface area contributed by atoms with E-state index in [1.165, 1.54) is 24.3 Å². The van der Waals surface area contributed by atoms with Crippen LogP contribution in [0.1, 0.15) is 17.3 Å². The van der Waals surface area contributed by atoms with E-state index in [-0.39, 0.29) is 31.4 Å². The van der Waals surface area contributed by atoms with Crippen molar-refractivity contribution in [3.8, 4) is 5.75 Å². The molecule has 0 unspecified atom stereocenters. The van der Waals surface area contributed by atoms with Crippen LogP contribution in [0.5, 0.6) is 5.75 Å². The Labute approximate surface area is 128 Å². The lowest BCUT2D eigenvalue weighted by Crippen LogP contribution is -2.34. The van der Waals surface area contributed by atoms with Gasteiger partial charge >= 0.3 is 6.16 Å². The Hall–Kier alpha value is -2.13. The molecule has 2 N–H and O–H groups in total. The summed E-state index contributed by atoms with van der Waals surface area (Å²) in [7, 11) is -3.27. The molecule has 0 saturated heterocycles. The number of rotatable bonds is 7. The number of benzene rings is 1. The standard InChI is InChI=1S/C13H18N2O6S/c1-3-20-13(17)21-11-6-4-10(5-7-11)12(16)14-8-9-15-22(2,18)19/h4-7,15H,3,8-9H2,1-2H3,(H,14,16). The van der Waals surface area contributed by atoms with E-state index in [4.69, 9.17) is 4.74 Å². The SMILES string of the molecule is CCOC(=O)Oc1ccc(C(=O)NCCNS(C)(=O)=O)cc1. The van der Waals surface area contributed by atoms with E-state index >= 15 is 0 Å². The molecule has 1 aromatic rings. The number of ether oxygens (including phenoxy) is 2. The number of nitrogens with one attached hydrogen (secondary N) is 2. The summed E-state index contributed by atoms with van der Waals surface area (Å²) in [4.78, 5) is 22.9. The Morgan fingerprint density at radius 1 is 1.14 bits per heavy atom. The Balaban J connectivity index is 2.45. The van der Waals surface area contributed by atoms with Crippen LogP contribution in [0, 0.1) is 0 Å². The molecule has 122 valence electrons. The number of hydrogen-bond donors (Lipinski definition) is 2. The maximum Gasteiger partial charge on any atom is 0.513 e. The van der Waals surface area contributed by atoms with Crippen molar-refractivity contribution in [1.29, 1.82) is 0 Å². The largest absolute Gasteiger partial charge is 0.513 e. The minimum Gasteiger partial charge on any atom is -0.434 e. The Kier molecular flexibility index (Phi) is 6.80. The average Bonchev–Trinajstić information content (AvgIpc) is 2.43. The summed E-state index contributed by atoms with van der Waals surface area (Å²) in [5.74, 6) is -0.105. The van der Waals surface area contributed by atoms with Crippen LogP contribution in [0.3, 0.4) is 0 Å². The predicted octanol–water partition coefficient (Wildman–Crippen LogP) is 0.501. The van der Waals surface area contributed by atoms with Crippen LogP contribution >= 0.6 is 0 Å². The fourth-order valence-electron chi connectivity index (χ4n) is 1.43. The van der Waals surface area contributed by atoms with Crippen molar-refractivity contribution in [3.05, 3.63) is 29.8 Å². The highest BCUT2D eigenvalue weighted by Gasteiger charge is 2.08. The first kappa shape index (κ1) is 17.9. The Morgan fingerprint density at radius 2 is 1.77 bits per heavy atom. The first-order valence-corrected chi connectivity index (χ1v) is 8.38. The van der Waals surface area contributed by atoms with Gasteiger partial charge in [-0.2, -0.15) is 0 Å². The maximum atomic E-state index is 11.8. The van der Waals surface area contributed by atoms with Crippen molar-refractivity contribution in [2.45, 2.75) is 6.92 Å². The van der Waals surface area contributed by atoms with Gasteiger partial charge in [0.05, 0.1) is 12.9 Å². The van der Waals surface area contributed by atoms with E-state index in [2.05, 4.69) is 14.8 Å². The van der Waals surface area contributed by atoms with Gasteiger partial charge < -0.3 is 14.8 Å². The summed E-state index contributed by atoms with van der Waals surface area (Å²) in [5.41, 5.74) is 0.357. The minimum absolute atomic E-state index is 0.106. The number of carbonyl (C=O) groups is 2. The van der Waals surface area contributed by atoms with E-state index in [1.807, 2.05) is 0 Å². The fraction of sp³-hybridized carbons (Fsp3) is 0.385. The highest BCUT2D eigenvalue weighted by Crippen LogP contribution is 2.12.